The van der Waals surface area contributed by atoms with Crippen LogP contribution in [-0.2, 0) is 22.5 Å². The molecule has 0 unspecified atom stereocenters. The highest BCUT2D eigenvalue weighted by atomic mass is 79.9. The molecule has 48 heavy (non-hydrogen) atoms. The molecule has 2 atom stereocenters. The van der Waals surface area contributed by atoms with Crippen molar-refractivity contribution >= 4 is 27.7 Å². The summed E-state index contributed by atoms with van der Waals surface area (Å²) in [4.78, 5) is 19.5. The molecule has 5 aromatic rings. The Hall–Kier alpha value is -4.86. The van der Waals surface area contributed by atoms with Crippen molar-refractivity contribution in [3.63, 3.8) is 0 Å². The Morgan fingerprint density at radius 3 is 2.27 bits per heavy atom. The second-order valence-electron chi connectivity index (χ2n) is 11.5. The van der Waals surface area contributed by atoms with Gasteiger partial charge in [0.2, 0.25) is 5.90 Å². The maximum absolute atomic E-state index is 14.6. The second kappa shape index (κ2) is 14.9. The topological polar surface area (TPSA) is 80.2 Å². The third-order valence-electron chi connectivity index (χ3n) is 8.18. The predicted octanol–water partition coefficient (Wildman–Crippen LogP) is 7.97. The summed E-state index contributed by atoms with van der Waals surface area (Å²) in [5.41, 5.74) is 2.74. The smallest absolute Gasteiger partial charge is 0.252 e. The van der Waals surface area contributed by atoms with Gasteiger partial charge in [0, 0.05) is 41.6 Å². The molecule has 1 aliphatic heterocycles. The molecule has 6 nitrogen and oxygen atoms in total. The number of amides is 1. The summed E-state index contributed by atoms with van der Waals surface area (Å²) < 4.78 is 41.8. The Morgan fingerprint density at radius 2 is 1.56 bits per heavy atom. The van der Waals surface area contributed by atoms with E-state index < -0.39 is 29.2 Å². The number of halogens is 3. The first-order chi connectivity index (χ1) is 23.3. The summed E-state index contributed by atoms with van der Waals surface area (Å²) in [6.45, 7) is 0.163. The monoisotopic (exact) mass is 710 g/mol. The maximum Gasteiger partial charge on any atom is 0.252 e. The van der Waals surface area contributed by atoms with Crippen LogP contribution in [0.1, 0.15) is 34.8 Å². The van der Waals surface area contributed by atoms with Crippen LogP contribution < -0.4 is 10.1 Å². The van der Waals surface area contributed by atoms with Gasteiger partial charge in [-0.3, -0.25) is 4.79 Å². The normalized spacial score (nSPS) is 17.0. The van der Waals surface area contributed by atoms with E-state index >= 15 is 0 Å². The molecule has 1 heterocycles. The molecule has 5 aromatic carbocycles. The highest BCUT2D eigenvalue weighted by Gasteiger charge is 2.53. The molecule has 0 aromatic heterocycles. The molecule has 2 N–H and O–H groups in total. The molecular weight excluding hydrogens is 678 g/mol. The number of rotatable bonds is 12. The lowest BCUT2D eigenvalue weighted by molar-refractivity contribution is -0.129. The molecule has 0 saturated carbocycles. The van der Waals surface area contributed by atoms with E-state index in [2.05, 4.69) is 21.2 Å². The van der Waals surface area contributed by atoms with Crippen molar-refractivity contribution < 1.29 is 28.2 Å². The highest BCUT2D eigenvalue weighted by molar-refractivity contribution is 9.10. The predicted molar refractivity (Wildman–Crippen MR) is 185 cm³/mol. The van der Waals surface area contributed by atoms with Gasteiger partial charge in [-0.1, -0.05) is 82.7 Å². The number of hydrogen-bond donors (Lipinski definition) is 2. The van der Waals surface area contributed by atoms with Crippen molar-refractivity contribution in [2.75, 3.05) is 13.2 Å². The van der Waals surface area contributed by atoms with E-state index in [4.69, 9.17) is 19.6 Å². The molecule has 1 aliphatic rings. The molecule has 0 radical (unpaired) electrons. The van der Waals surface area contributed by atoms with Crippen LogP contribution in [0.25, 0.3) is 11.1 Å². The number of hydrogen-bond acceptors (Lipinski definition) is 5. The molecule has 0 spiro atoms. The Labute approximate surface area is 286 Å². The molecule has 0 aliphatic carbocycles. The highest BCUT2D eigenvalue weighted by Crippen LogP contribution is 2.43. The molecular formula is C39H33BrF2N2O4. The van der Waals surface area contributed by atoms with E-state index in [1.165, 1.54) is 0 Å². The third-order valence-corrected chi connectivity index (χ3v) is 8.71. The minimum absolute atomic E-state index is 0.0193. The Morgan fingerprint density at radius 1 is 0.875 bits per heavy atom. The number of ether oxygens (including phenoxy) is 2. The van der Waals surface area contributed by atoms with Crippen LogP contribution in [0.3, 0.4) is 0 Å². The fourth-order valence-corrected chi connectivity index (χ4v) is 5.95. The van der Waals surface area contributed by atoms with Crippen LogP contribution in [-0.4, -0.2) is 35.7 Å². The van der Waals surface area contributed by atoms with Gasteiger partial charge in [-0.05, 0) is 76.9 Å². The molecule has 0 saturated heterocycles. The van der Waals surface area contributed by atoms with Crippen LogP contribution in [0.5, 0.6) is 5.75 Å². The summed E-state index contributed by atoms with van der Waals surface area (Å²) in [5, 5.41) is 11.9. The maximum atomic E-state index is 14.6. The molecule has 1 amide bonds. The van der Waals surface area contributed by atoms with Crippen molar-refractivity contribution in [2.45, 2.75) is 31.0 Å². The lowest BCUT2D eigenvalue weighted by atomic mass is 9.81. The summed E-state index contributed by atoms with van der Waals surface area (Å²) in [7, 11) is 0. The van der Waals surface area contributed by atoms with Crippen molar-refractivity contribution in [1.29, 1.82) is 0 Å². The number of nitrogens with one attached hydrogen (secondary N) is 1. The minimum Gasteiger partial charge on any atom is -0.494 e. The number of nitrogens with zero attached hydrogens (tertiary/aromatic N) is 1. The van der Waals surface area contributed by atoms with Crippen molar-refractivity contribution in [1.82, 2.24) is 5.32 Å². The largest absolute Gasteiger partial charge is 0.494 e. The fourth-order valence-electron chi connectivity index (χ4n) is 5.68. The SMILES string of the molecule is O=C(NCc1cc(F)ccc1F)[C@]1(Cc2ccc(Br)cc2)N=C(c2ccc(OCCCO)cc2)O[C@@H]1c1ccc(-c2ccccc2)cc1. The third kappa shape index (κ3) is 7.48. The van der Waals surface area contributed by atoms with E-state index in [0.717, 1.165) is 44.9 Å². The van der Waals surface area contributed by atoms with Gasteiger partial charge in [0.25, 0.3) is 5.91 Å². The van der Waals surface area contributed by atoms with Crippen molar-refractivity contribution in [3.05, 3.63) is 160 Å². The van der Waals surface area contributed by atoms with Crippen LogP contribution in [0, 0.1) is 11.6 Å². The zero-order chi connectivity index (χ0) is 33.5. The average molecular weight is 712 g/mol. The number of benzene rings is 5. The van der Waals surface area contributed by atoms with Crippen LogP contribution in [0.15, 0.2) is 131 Å². The van der Waals surface area contributed by atoms with Gasteiger partial charge in [-0.25, -0.2) is 13.8 Å². The van der Waals surface area contributed by atoms with E-state index in [-0.39, 0.29) is 31.0 Å². The first kappa shape index (κ1) is 33.1. The lowest BCUT2D eigenvalue weighted by Crippen LogP contribution is -2.49. The Balaban J connectivity index is 1.41. The van der Waals surface area contributed by atoms with Gasteiger partial charge < -0.3 is 19.9 Å². The van der Waals surface area contributed by atoms with Gasteiger partial charge in [-0.2, -0.15) is 0 Å². The van der Waals surface area contributed by atoms with Crippen LogP contribution in [0.4, 0.5) is 8.78 Å². The molecule has 0 fully saturated rings. The molecule has 6 rings (SSSR count). The van der Waals surface area contributed by atoms with Gasteiger partial charge >= 0.3 is 0 Å². The van der Waals surface area contributed by atoms with Gasteiger partial charge in [0.05, 0.1) is 6.61 Å². The van der Waals surface area contributed by atoms with Crippen LogP contribution >= 0.6 is 15.9 Å². The standard InChI is InChI=1S/C39H33BrF2N2O4/c40-32-15-7-26(8-16-32)24-39(38(46)43-25-31-23-33(41)17-20-35(31)42)36(29-11-9-28(10-12-29)27-5-2-1-3-6-27)48-37(44-39)30-13-18-34(19-14-30)47-22-4-21-45/h1-3,5-20,23,36,45H,4,21-22,24-25H2,(H,43,46)/t36-,39-/m1/s1. The summed E-state index contributed by atoms with van der Waals surface area (Å²) >= 11 is 3.48. The number of carbonyl (C=O) groups is 1. The zero-order valence-electron chi connectivity index (χ0n) is 25.9. The van der Waals surface area contributed by atoms with E-state index in [9.17, 15) is 13.6 Å². The Bertz CT molecular complexity index is 1890. The van der Waals surface area contributed by atoms with Gasteiger partial charge in [0.1, 0.15) is 17.4 Å². The van der Waals surface area contributed by atoms with E-state index in [1.54, 1.807) is 24.3 Å². The quantitative estimate of drug-likeness (QED) is 0.129. The first-order valence-corrected chi connectivity index (χ1v) is 16.4. The second-order valence-corrected chi connectivity index (χ2v) is 12.4. The number of carbonyl (C=O) groups excluding carboxylic acids is 1. The first-order valence-electron chi connectivity index (χ1n) is 15.6. The molecule has 0 bridgehead atoms. The number of aliphatic hydroxyl groups is 1. The lowest BCUT2D eigenvalue weighted by Gasteiger charge is -2.31. The van der Waals surface area contributed by atoms with Gasteiger partial charge in [0.15, 0.2) is 11.6 Å². The van der Waals surface area contributed by atoms with E-state index in [1.807, 2.05) is 78.9 Å². The molecule has 244 valence electrons. The summed E-state index contributed by atoms with van der Waals surface area (Å²) in [5.74, 6) is -0.840. The van der Waals surface area contributed by atoms with Gasteiger partial charge in [-0.15, -0.1) is 0 Å². The fraction of sp³-hybridized carbons (Fsp3) is 0.179. The zero-order valence-corrected chi connectivity index (χ0v) is 27.5. The minimum atomic E-state index is -1.52. The average Bonchev–Trinajstić information content (AvgIpc) is 3.50. The number of aliphatic imine (C=N–C) groups is 1. The molecule has 9 heteroatoms. The van der Waals surface area contributed by atoms with Crippen molar-refractivity contribution in [3.8, 4) is 16.9 Å². The Kier molecular flexibility index (Phi) is 10.3. The van der Waals surface area contributed by atoms with Crippen molar-refractivity contribution in [2.24, 2.45) is 4.99 Å². The summed E-state index contributed by atoms with van der Waals surface area (Å²) in [6, 6.07) is 35.7. The van der Waals surface area contributed by atoms with Crippen LogP contribution in [0.2, 0.25) is 0 Å². The van der Waals surface area contributed by atoms with E-state index in [0.29, 0.717) is 24.3 Å². The number of aliphatic hydroxyl groups excluding tert-OH is 1. The summed E-state index contributed by atoms with van der Waals surface area (Å²) in [6.07, 6.45) is -0.191.